The van der Waals surface area contributed by atoms with Crippen LogP contribution >= 0.6 is 0 Å². The summed E-state index contributed by atoms with van der Waals surface area (Å²) in [5.74, 6) is 0.861. The largest absolute Gasteiger partial charge is 0.315 e. The highest BCUT2D eigenvalue weighted by molar-refractivity contribution is 4.94. The average Bonchev–Trinajstić information content (AvgIpc) is 2.28. The molecule has 0 radical (unpaired) electrons. The van der Waals surface area contributed by atoms with Gasteiger partial charge in [-0.25, -0.2) is 0 Å². The van der Waals surface area contributed by atoms with Crippen LogP contribution in [0.15, 0.2) is 0 Å². The van der Waals surface area contributed by atoms with E-state index >= 15 is 0 Å². The number of nitrogens with zero attached hydrogens (tertiary/aromatic N) is 1. The predicted octanol–water partition coefficient (Wildman–Crippen LogP) is 3.52. The van der Waals surface area contributed by atoms with Crippen molar-refractivity contribution in [2.24, 2.45) is 11.3 Å². The molecule has 0 saturated heterocycles. The van der Waals surface area contributed by atoms with Crippen molar-refractivity contribution in [3.05, 3.63) is 0 Å². The molecule has 0 aliphatic heterocycles. The molecule has 0 amide bonds. The van der Waals surface area contributed by atoms with E-state index in [0.717, 1.165) is 12.5 Å². The summed E-state index contributed by atoms with van der Waals surface area (Å²) in [5.41, 5.74) is 0.452. The molecule has 0 aromatic heterocycles. The number of hydrogen-bond donors (Lipinski definition) is 1. The fourth-order valence-corrected chi connectivity index (χ4v) is 3.62. The molecule has 3 unspecified atom stereocenters. The Labute approximate surface area is 115 Å². The Morgan fingerprint density at radius 2 is 1.83 bits per heavy atom. The zero-order chi connectivity index (χ0) is 13.9. The first-order valence-electron chi connectivity index (χ1n) is 7.74. The van der Waals surface area contributed by atoms with Gasteiger partial charge < -0.3 is 5.32 Å². The van der Waals surface area contributed by atoms with Crippen molar-refractivity contribution in [1.29, 1.82) is 0 Å². The second-order valence-electron chi connectivity index (χ2n) is 7.26. The number of nitrogens with one attached hydrogen (secondary N) is 1. The summed E-state index contributed by atoms with van der Waals surface area (Å²) in [4.78, 5) is 2.68. The van der Waals surface area contributed by atoms with Gasteiger partial charge in [0.25, 0.3) is 0 Å². The van der Waals surface area contributed by atoms with Crippen molar-refractivity contribution in [3.63, 3.8) is 0 Å². The van der Waals surface area contributed by atoms with Crippen LogP contribution in [0.3, 0.4) is 0 Å². The second-order valence-corrected chi connectivity index (χ2v) is 7.26. The zero-order valence-corrected chi connectivity index (χ0v) is 13.6. The lowest BCUT2D eigenvalue weighted by Crippen LogP contribution is -2.55. The van der Waals surface area contributed by atoms with Gasteiger partial charge >= 0.3 is 0 Å². The zero-order valence-electron chi connectivity index (χ0n) is 13.6. The van der Waals surface area contributed by atoms with E-state index in [1.165, 1.54) is 19.3 Å². The Balaban J connectivity index is 2.82. The molecule has 0 bridgehead atoms. The molecule has 0 aromatic carbocycles. The monoisotopic (exact) mass is 254 g/mol. The van der Waals surface area contributed by atoms with Crippen LogP contribution < -0.4 is 5.32 Å². The Bertz CT molecular complexity index is 242. The third-order valence-corrected chi connectivity index (χ3v) is 4.87. The molecule has 2 heteroatoms. The van der Waals surface area contributed by atoms with Gasteiger partial charge in [-0.2, -0.15) is 0 Å². The van der Waals surface area contributed by atoms with Gasteiger partial charge in [-0.15, -0.1) is 0 Å². The maximum atomic E-state index is 3.55. The fourth-order valence-electron chi connectivity index (χ4n) is 3.62. The highest BCUT2D eigenvalue weighted by Gasteiger charge is 2.38. The highest BCUT2D eigenvalue weighted by Crippen LogP contribution is 2.39. The standard InChI is InChI=1S/C16H34N2/c1-8-18(12(2)3)15-11-13(16(4,5)6)9-10-14(15)17-7/h12-15,17H,8-11H2,1-7H3. The van der Waals surface area contributed by atoms with Crippen LogP contribution in [0.1, 0.15) is 60.8 Å². The van der Waals surface area contributed by atoms with Crippen LogP contribution in [0.2, 0.25) is 0 Å². The third kappa shape index (κ3) is 3.71. The molecule has 3 atom stereocenters. The first-order chi connectivity index (χ1) is 8.31. The topological polar surface area (TPSA) is 15.3 Å². The van der Waals surface area contributed by atoms with Crippen LogP contribution in [-0.2, 0) is 0 Å². The van der Waals surface area contributed by atoms with Gasteiger partial charge in [0.2, 0.25) is 0 Å². The van der Waals surface area contributed by atoms with Crippen LogP contribution in [0, 0.1) is 11.3 Å². The molecule has 0 heterocycles. The van der Waals surface area contributed by atoms with Crippen LogP contribution in [0.25, 0.3) is 0 Å². The van der Waals surface area contributed by atoms with Gasteiger partial charge in [0.15, 0.2) is 0 Å². The normalized spacial score (nSPS) is 30.2. The summed E-state index contributed by atoms with van der Waals surface area (Å²) in [6.07, 6.45) is 4.05. The van der Waals surface area contributed by atoms with E-state index in [0.29, 0.717) is 23.5 Å². The van der Waals surface area contributed by atoms with E-state index in [1.807, 2.05) is 0 Å². The Kier molecular flexibility index (Phi) is 5.67. The van der Waals surface area contributed by atoms with E-state index in [9.17, 15) is 0 Å². The first kappa shape index (κ1) is 16.0. The maximum Gasteiger partial charge on any atom is 0.0254 e. The van der Waals surface area contributed by atoms with Crippen LogP contribution in [-0.4, -0.2) is 36.6 Å². The SMILES string of the molecule is CCN(C(C)C)C1CC(C(C)(C)C)CCC1NC. The quantitative estimate of drug-likeness (QED) is 0.826. The van der Waals surface area contributed by atoms with Crippen molar-refractivity contribution in [3.8, 4) is 0 Å². The molecule has 0 spiro atoms. The molecular formula is C16H34N2. The van der Waals surface area contributed by atoms with Gasteiger partial charge in [0.05, 0.1) is 0 Å². The molecule has 1 rings (SSSR count). The van der Waals surface area contributed by atoms with E-state index in [2.05, 4.69) is 58.8 Å². The van der Waals surface area contributed by atoms with Gasteiger partial charge in [-0.3, -0.25) is 4.90 Å². The van der Waals surface area contributed by atoms with Gasteiger partial charge in [-0.05, 0) is 58.0 Å². The summed E-state index contributed by atoms with van der Waals surface area (Å²) in [6, 6.07) is 2.03. The molecule has 1 fully saturated rings. The summed E-state index contributed by atoms with van der Waals surface area (Å²) in [5, 5.41) is 3.55. The van der Waals surface area contributed by atoms with Crippen LogP contribution in [0.4, 0.5) is 0 Å². The summed E-state index contributed by atoms with van der Waals surface area (Å²) in [6.45, 7) is 15.3. The molecular weight excluding hydrogens is 220 g/mol. The van der Waals surface area contributed by atoms with E-state index in [4.69, 9.17) is 0 Å². The van der Waals surface area contributed by atoms with Crippen molar-refractivity contribution in [2.45, 2.75) is 78.9 Å². The minimum atomic E-state index is 0.452. The molecule has 1 aliphatic carbocycles. The van der Waals surface area contributed by atoms with Crippen molar-refractivity contribution in [2.75, 3.05) is 13.6 Å². The van der Waals surface area contributed by atoms with Gasteiger partial charge in [0.1, 0.15) is 0 Å². The lowest BCUT2D eigenvalue weighted by Gasteiger charge is -2.47. The smallest absolute Gasteiger partial charge is 0.0254 e. The Morgan fingerprint density at radius 3 is 2.22 bits per heavy atom. The maximum absolute atomic E-state index is 3.55. The van der Waals surface area contributed by atoms with E-state index < -0.39 is 0 Å². The van der Waals surface area contributed by atoms with Crippen molar-refractivity contribution < 1.29 is 0 Å². The minimum Gasteiger partial charge on any atom is -0.315 e. The fraction of sp³-hybridized carbons (Fsp3) is 1.00. The molecule has 1 N–H and O–H groups in total. The molecule has 0 aromatic rings. The van der Waals surface area contributed by atoms with Crippen molar-refractivity contribution in [1.82, 2.24) is 10.2 Å². The van der Waals surface area contributed by atoms with E-state index in [1.54, 1.807) is 0 Å². The Morgan fingerprint density at radius 1 is 1.22 bits per heavy atom. The Hall–Kier alpha value is -0.0800. The molecule has 2 nitrogen and oxygen atoms in total. The van der Waals surface area contributed by atoms with Crippen molar-refractivity contribution >= 4 is 0 Å². The number of likely N-dealkylation sites (N-methyl/N-ethyl adjacent to an activating group) is 2. The van der Waals surface area contributed by atoms with Gasteiger partial charge in [-0.1, -0.05) is 27.7 Å². The number of hydrogen-bond acceptors (Lipinski definition) is 2. The van der Waals surface area contributed by atoms with E-state index in [-0.39, 0.29) is 0 Å². The summed E-state index contributed by atoms with van der Waals surface area (Å²) < 4.78 is 0. The predicted molar refractivity (Wildman–Crippen MR) is 80.9 cm³/mol. The molecule has 1 aliphatic rings. The average molecular weight is 254 g/mol. The minimum absolute atomic E-state index is 0.452. The molecule has 108 valence electrons. The highest BCUT2D eigenvalue weighted by atomic mass is 15.2. The van der Waals surface area contributed by atoms with Gasteiger partial charge in [0, 0.05) is 18.1 Å². The summed E-state index contributed by atoms with van der Waals surface area (Å²) in [7, 11) is 2.13. The second kappa shape index (κ2) is 6.38. The number of rotatable bonds is 4. The lowest BCUT2D eigenvalue weighted by molar-refractivity contribution is 0.0461. The third-order valence-electron chi connectivity index (χ3n) is 4.87. The first-order valence-corrected chi connectivity index (χ1v) is 7.74. The summed E-state index contributed by atoms with van der Waals surface area (Å²) >= 11 is 0. The van der Waals surface area contributed by atoms with Crippen LogP contribution in [0.5, 0.6) is 0 Å². The molecule has 18 heavy (non-hydrogen) atoms. The lowest BCUT2D eigenvalue weighted by atomic mass is 9.69. The molecule has 1 saturated carbocycles.